The Hall–Kier alpha value is -1.34. The fourth-order valence-corrected chi connectivity index (χ4v) is 1.02. The van der Waals surface area contributed by atoms with E-state index < -0.39 is 36.8 Å². The topological polar surface area (TPSA) is 57.6 Å². The van der Waals surface area contributed by atoms with Crippen LogP contribution in [0.15, 0.2) is 0 Å². The summed E-state index contributed by atoms with van der Waals surface area (Å²) in [6, 6.07) is 0. The number of nitrogens with zero attached hydrogens (tertiary/aromatic N) is 1. The fourth-order valence-electron chi connectivity index (χ4n) is 1.02. The number of rotatable bonds is 1. The van der Waals surface area contributed by atoms with Crippen LogP contribution in [-0.4, -0.2) is 46.8 Å². The molecule has 0 atom stereocenters. The van der Waals surface area contributed by atoms with Crippen LogP contribution in [0.5, 0.6) is 0 Å². The van der Waals surface area contributed by atoms with E-state index in [0.29, 0.717) is 0 Å². The molecule has 80 valence electrons. The zero-order chi connectivity index (χ0) is 11.1. The lowest BCUT2D eigenvalue weighted by atomic mass is 9.96. The third-order valence-electron chi connectivity index (χ3n) is 1.80. The van der Waals surface area contributed by atoms with Crippen molar-refractivity contribution in [2.45, 2.75) is 11.8 Å². The van der Waals surface area contributed by atoms with Crippen molar-refractivity contribution >= 4 is 11.9 Å². The number of halogens is 4. The van der Waals surface area contributed by atoms with Gasteiger partial charge in [-0.2, -0.15) is 13.2 Å². The van der Waals surface area contributed by atoms with Crippen LogP contribution in [0.25, 0.3) is 0 Å². The molecular formula is C6H5F4NO3. The zero-order valence-corrected chi connectivity index (χ0v) is 6.64. The first-order valence-electron chi connectivity index (χ1n) is 3.45. The van der Waals surface area contributed by atoms with E-state index in [1.165, 1.54) is 0 Å². The average Bonchev–Trinajstić information content (AvgIpc) is 1.95. The number of carbonyl (C=O) groups is 2. The van der Waals surface area contributed by atoms with Gasteiger partial charge in [-0.3, -0.25) is 4.79 Å². The number of hydrogen-bond donors (Lipinski definition) is 1. The highest BCUT2D eigenvalue weighted by molar-refractivity contribution is 5.87. The van der Waals surface area contributed by atoms with E-state index in [1.54, 1.807) is 0 Å². The first-order valence-corrected chi connectivity index (χ1v) is 3.45. The number of aliphatic carboxylic acids is 1. The second-order valence-electron chi connectivity index (χ2n) is 2.93. The largest absolute Gasteiger partial charge is 0.479 e. The number of hydrogen-bond acceptors (Lipinski definition) is 2. The van der Waals surface area contributed by atoms with Crippen LogP contribution in [0.3, 0.4) is 0 Å². The molecule has 0 aromatic rings. The van der Waals surface area contributed by atoms with Crippen molar-refractivity contribution in [3.63, 3.8) is 0 Å². The Morgan fingerprint density at radius 2 is 1.71 bits per heavy atom. The van der Waals surface area contributed by atoms with Crippen LogP contribution >= 0.6 is 0 Å². The van der Waals surface area contributed by atoms with Crippen molar-refractivity contribution in [3.8, 4) is 0 Å². The predicted octanol–water partition coefficient (Wildman–Crippen LogP) is 0.184. The summed E-state index contributed by atoms with van der Waals surface area (Å²) < 4.78 is 48.0. The van der Waals surface area contributed by atoms with Crippen LogP contribution in [0.4, 0.5) is 17.6 Å². The minimum atomic E-state index is -5.08. The lowest BCUT2D eigenvalue weighted by Crippen LogP contribution is -2.66. The molecule has 0 radical (unpaired) electrons. The molecule has 1 rings (SSSR count). The SMILES string of the molecule is O=C(N1CC(F)(C(=O)O)C1)C(F)(F)F. The van der Waals surface area contributed by atoms with Crippen LogP contribution in [0, 0.1) is 0 Å². The maximum absolute atomic E-state index is 12.9. The highest BCUT2D eigenvalue weighted by Crippen LogP contribution is 2.30. The van der Waals surface area contributed by atoms with Crippen LogP contribution in [0.1, 0.15) is 0 Å². The van der Waals surface area contributed by atoms with E-state index in [2.05, 4.69) is 0 Å². The summed E-state index contributed by atoms with van der Waals surface area (Å²) in [5.41, 5.74) is -2.74. The Morgan fingerprint density at radius 1 is 1.29 bits per heavy atom. The molecule has 0 bridgehead atoms. The highest BCUT2D eigenvalue weighted by Gasteiger charge is 2.57. The number of amides is 1. The summed E-state index contributed by atoms with van der Waals surface area (Å²) >= 11 is 0. The molecule has 1 fully saturated rings. The van der Waals surface area contributed by atoms with Crippen molar-refractivity contribution in [1.82, 2.24) is 4.90 Å². The summed E-state index contributed by atoms with van der Waals surface area (Å²) in [7, 11) is 0. The molecule has 14 heavy (non-hydrogen) atoms. The zero-order valence-electron chi connectivity index (χ0n) is 6.64. The van der Waals surface area contributed by atoms with E-state index in [0.717, 1.165) is 0 Å². The van der Waals surface area contributed by atoms with E-state index in [9.17, 15) is 27.2 Å². The Morgan fingerprint density at radius 3 is 2.00 bits per heavy atom. The number of carboxylic acid groups (broad SMARTS) is 1. The smallest absolute Gasteiger partial charge is 0.471 e. The van der Waals surface area contributed by atoms with Gasteiger partial charge in [-0.05, 0) is 0 Å². The van der Waals surface area contributed by atoms with Crippen molar-refractivity contribution in [1.29, 1.82) is 0 Å². The first-order chi connectivity index (χ1) is 6.17. The second kappa shape index (κ2) is 2.82. The van der Waals surface area contributed by atoms with Gasteiger partial charge in [-0.1, -0.05) is 0 Å². The molecule has 0 saturated carbocycles. The number of carboxylic acids is 1. The second-order valence-corrected chi connectivity index (χ2v) is 2.93. The normalized spacial score (nSPS) is 20.1. The molecule has 1 aliphatic rings. The Labute approximate surface area is 75.1 Å². The molecule has 1 amide bonds. The average molecular weight is 215 g/mol. The summed E-state index contributed by atoms with van der Waals surface area (Å²) in [6.45, 7) is -2.11. The standard InChI is InChI=1S/C6H5F4NO3/c7-5(4(13)14)1-11(2-5)3(12)6(8,9)10/h1-2H2,(H,13,14). The molecule has 8 heteroatoms. The van der Waals surface area contributed by atoms with Gasteiger partial charge >= 0.3 is 18.1 Å². The summed E-state index contributed by atoms with van der Waals surface area (Å²) in [5, 5.41) is 8.20. The van der Waals surface area contributed by atoms with Gasteiger partial charge in [-0.15, -0.1) is 0 Å². The summed E-state index contributed by atoms with van der Waals surface area (Å²) in [6.07, 6.45) is -5.08. The highest BCUT2D eigenvalue weighted by atomic mass is 19.4. The summed E-state index contributed by atoms with van der Waals surface area (Å²) in [4.78, 5) is 20.6. The van der Waals surface area contributed by atoms with E-state index in [4.69, 9.17) is 5.11 Å². The molecule has 0 aliphatic carbocycles. The Bertz CT molecular complexity index is 281. The molecule has 0 spiro atoms. The van der Waals surface area contributed by atoms with Crippen molar-refractivity contribution in [2.75, 3.05) is 13.1 Å². The van der Waals surface area contributed by atoms with Crippen molar-refractivity contribution in [3.05, 3.63) is 0 Å². The maximum atomic E-state index is 12.9. The number of carbonyl (C=O) groups excluding carboxylic acids is 1. The van der Waals surface area contributed by atoms with Gasteiger partial charge in [0.2, 0.25) is 5.67 Å². The van der Waals surface area contributed by atoms with Crippen molar-refractivity contribution < 1.29 is 32.3 Å². The minimum Gasteiger partial charge on any atom is -0.479 e. The van der Waals surface area contributed by atoms with Gasteiger partial charge in [-0.25, -0.2) is 9.18 Å². The number of alkyl halides is 4. The minimum absolute atomic E-state index is 0.105. The van der Waals surface area contributed by atoms with Crippen molar-refractivity contribution in [2.24, 2.45) is 0 Å². The first kappa shape index (κ1) is 10.7. The molecule has 0 aromatic carbocycles. The molecule has 1 aliphatic heterocycles. The predicted molar refractivity (Wildman–Crippen MR) is 34.1 cm³/mol. The van der Waals surface area contributed by atoms with Gasteiger partial charge < -0.3 is 10.0 Å². The third-order valence-corrected chi connectivity index (χ3v) is 1.80. The quantitative estimate of drug-likeness (QED) is 0.635. The molecule has 0 unspecified atom stereocenters. The van der Waals surface area contributed by atoms with E-state index in [1.807, 2.05) is 0 Å². The maximum Gasteiger partial charge on any atom is 0.471 e. The van der Waals surface area contributed by atoms with E-state index >= 15 is 0 Å². The Balaban J connectivity index is 2.58. The molecule has 1 saturated heterocycles. The molecule has 1 heterocycles. The van der Waals surface area contributed by atoms with Gasteiger partial charge in [0.1, 0.15) is 0 Å². The lowest BCUT2D eigenvalue weighted by molar-refractivity contribution is -0.201. The lowest BCUT2D eigenvalue weighted by Gasteiger charge is -2.41. The van der Waals surface area contributed by atoms with Gasteiger partial charge in [0.15, 0.2) is 0 Å². The van der Waals surface area contributed by atoms with Crippen LogP contribution in [0.2, 0.25) is 0 Å². The fraction of sp³-hybridized carbons (Fsp3) is 0.667. The van der Waals surface area contributed by atoms with Gasteiger partial charge in [0, 0.05) is 0 Å². The number of likely N-dealkylation sites (tertiary alicyclic amines) is 1. The molecule has 4 nitrogen and oxygen atoms in total. The Kier molecular flexibility index (Phi) is 2.17. The monoisotopic (exact) mass is 215 g/mol. The van der Waals surface area contributed by atoms with Gasteiger partial charge in [0.25, 0.3) is 0 Å². The summed E-state index contributed by atoms with van der Waals surface area (Å²) in [5.74, 6) is -4.07. The van der Waals surface area contributed by atoms with E-state index in [-0.39, 0.29) is 4.90 Å². The third kappa shape index (κ3) is 1.64. The molecular weight excluding hydrogens is 210 g/mol. The molecule has 1 N–H and O–H groups in total. The van der Waals surface area contributed by atoms with Crippen LogP contribution in [-0.2, 0) is 9.59 Å². The molecule has 0 aromatic heterocycles. The van der Waals surface area contributed by atoms with Crippen LogP contribution < -0.4 is 0 Å². The van der Waals surface area contributed by atoms with Gasteiger partial charge in [0.05, 0.1) is 13.1 Å².